The molecule has 0 radical (unpaired) electrons. The molecule has 224 valence electrons. The number of aromatic nitrogens is 3. The van der Waals surface area contributed by atoms with Gasteiger partial charge in [0.2, 0.25) is 5.95 Å². The quantitative estimate of drug-likeness (QED) is 0.294. The van der Waals surface area contributed by atoms with E-state index in [1.54, 1.807) is 18.3 Å². The third kappa shape index (κ3) is 7.67. The average molecular weight is 615 g/mol. The number of amides is 2. The van der Waals surface area contributed by atoms with Crippen LogP contribution in [0, 0.1) is 5.92 Å². The van der Waals surface area contributed by atoms with Crippen molar-refractivity contribution in [2.24, 2.45) is 5.92 Å². The number of carbonyl (C=O) groups excluding carboxylic acids is 2. The number of carboxylic acid groups (broad SMARTS) is 1. The molecule has 15 heteroatoms. The number of nitrogens with one attached hydrogen (secondary N) is 2. The maximum atomic E-state index is 12.9. The number of imide groups is 1. The fourth-order valence-electron chi connectivity index (χ4n) is 4.77. The van der Waals surface area contributed by atoms with Crippen molar-refractivity contribution in [3.05, 3.63) is 70.5 Å². The number of anilines is 1. The fraction of sp³-hybridized carbons (Fsp3) is 0.286. The van der Waals surface area contributed by atoms with Crippen molar-refractivity contribution >= 4 is 40.9 Å². The van der Waals surface area contributed by atoms with E-state index in [9.17, 15) is 32.7 Å². The summed E-state index contributed by atoms with van der Waals surface area (Å²) < 4.78 is 42.7. The molecule has 2 amide bonds. The topological polar surface area (TPSA) is 147 Å². The number of rotatable bonds is 9. The van der Waals surface area contributed by atoms with Gasteiger partial charge in [-0.2, -0.15) is 0 Å². The zero-order valence-corrected chi connectivity index (χ0v) is 23.2. The number of hydrogen-bond acceptors (Lipinski definition) is 10. The summed E-state index contributed by atoms with van der Waals surface area (Å²) in [5, 5.41) is 14.9. The number of pyridine rings is 1. The van der Waals surface area contributed by atoms with Crippen molar-refractivity contribution in [2.75, 3.05) is 24.5 Å². The highest BCUT2D eigenvalue weighted by Gasteiger charge is 2.33. The molecule has 2 fully saturated rings. The summed E-state index contributed by atoms with van der Waals surface area (Å²) in [6, 6.07) is 8.33. The fourth-order valence-corrected chi connectivity index (χ4v) is 5.43. The van der Waals surface area contributed by atoms with Crippen LogP contribution in [0.2, 0.25) is 0 Å². The van der Waals surface area contributed by atoms with E-state index < -0.39 is 29.2 Å². The lowest BCUT2D eigenvalue weighted by atomic mass is 9.97. The number of carbonyl (C=O) groups is 3. The van der Waals surface area contributed by atoms with E-state index in [0.717, 1.165) is 30.7 Å². The smallest absolute Gasteiger partial charge is 0.478 e. The average Bonchev–Trinajstić information content (AvgIpc) is 3.29. The first-order valence-corrected chi connectivity index (χ1v) is 14.0. The molecular formula is C28H25F3N6O5S. The minimum atomic E-state index is -4.94. The lowest BCUT2D eigenvalue weighted by Crippen LogP contribution is -2.38. The molecule has 0 atom stereocenters. The number of para-hydroxylation sites is 1. The van der Waals surface area contributed by atoms with Crippen LogP contribution in [0.4, 0.5) is 23.9 Å². The normalized spacial score (nSPS) is 16.9. The van der Waals surface area contributed by atoms with Crippen LogP contribution in [0.3, 0.4) is 0 Å². The van der Waals surface area contributed by atoms with E-state index in [2.05, 4.69) is 30.3 Å². The predicted molar refractivity (Wildman–Crippen MR) is 151 cm³/mol. The first-order chi connectivity index (χ1) is 20.6. The van der Waals surface area contributed by atoms with Crippen LogP contribution >= 0.6 is 11.8 Å². The van der Waals surface area contributed by atoms with Crippen LogP contribution in [0.15, 0.2) is 53.7 Å². The Hall–Kier alpha value is -4.50. The molecule has 5 rings (SSSR count). The Morgan fingerprint density at radius 3 is 2.65 bits per heavy atom. The highest BCUT2D eigenvalue weighted by Crippen LogP contribution is 2.34. The second-order valence-electron chi connectivity index (χ2n) is 9.78. The van der Waals surface area contributed by atoms with E-state index in [0.29, 0.717) is 49.3 Å². The Morgan fingerprint density at radius 1 is 1.19 bits per heavy atom. The zero-order chi connectivity index (χ0) is 30.6. The molecule has 1 aromatic carbocycles. The Bertz CT molecular complexity index is 1580. The summed E-state index contributed by atoms with van der Waals surface area (Å²) in [6.45, 7) is 2.40. The van der Waals surface area contributed by atoms with E-state index in [4.69, 9.17) is 0 Å². The summed E-state index contributed by atoms with van der Waals surface area (Å²) in [5.74, 6) is -1.43. The number of hydrogen-bond donors (Lipinski definition) is 3. The highest BCUT2D eigenvalue weighted by molar-refractivity contribution is 8.18. The van der Waals surface area contributed by atoms with Crippen molar-refractivity contribution in [3.8, 4) is 17.0 Å². The van der Waals surface area contributed by atoms with Gasteiger partial charge in [0.05, 0.1) is 21.9 Å². The van der Waals surface area contributed by atoms with Gasteiger partial charge in [-0.1, -0.05) is 12.1 Å². The van der Waals surface area contributed by atoms with Crippen molar-refractivity contribution in [2.45, 2.75) is 25.7 Å². The Labute approximate surface area is 247 Å². The van der Waals surface area contributed by atoms with Crippen molar-refractivity contribution in [3.63, 3.8) is 0 Å². The van der Waals surface area contributed by atoms with Crippen molar-refractivity contribution < 1.29 is 37.4 Å². The minimum Gasteiger partial charge on any atom is -0.478 e. The van der Waals surface area contributed by atoms with E-state index in [-0.39, 0.29) is 21.7 Å². The molecule has 4 heterocycles. The van der Waals surface area contributed by atoms with Crippen molar-refractivity contribution in [1.29, 1.82) is 0 Å². The molecule has 2 aliphatic rings. The molecule has 0 spiro atoms. The van der Waals surface area contributed by atoms with Crippen LogP contribution in [0.1, 0.15) is 34.5 Å². The predicted octanol–water partition coefficient (Wildman–Crippen LogP) is 4.47. The molecule has 2 aromatic heterocycles. The van der Waals surface area contributed by atoms with Gasteiger partial charge in [-0.3, -0.25) is 19.9 Å². The Morgan fingerprint density at radius 2 is 1.95 bits per heavy atom. The van der Waals surface area contributed by atoms with Gasteiger partial charge in [-0.15, -0.1) is 13.2 Å². The van der Waals surface area contributed by atoms with E-state index >= 15 is 0 Å². The van der Waals surface area contributed by atoms with E-state index in [1.165, 1.54) is 30.5 Å². The van der Waals surface area contributed by atoms with Crippen LogP contribution < -0.4 is 20.3 Å². The molecule has 2 saturated heterocycles. The molecule has 0 saturated carbocycles. The number of nitrogens with zero attached hydrogens (tertiary/aromatic N) is 4. The standard InChI is InChI=1S/C28H25F3N6O5S/c29-28(30,31)42-21-4-2-1-3-19(21)23-20(25(39)40)11-17(15-34-23)14-32-13-16-6-9-37(10-7-16)26-33-8-5-18(35-26)12-22-24(38)36-27(41)43-22/h1-5,8,11-12,15-16,32H,6-7,9-10,13-14H2,(H,39,40)(H,36,38,41). The molecule has 3 N–H and O–H groups in total. The van der Waals surface area contributed by atoms with Gasteiger partial charge >= 0.3 is 12.3 Å². The van der Waals surface area contributed by atoms with Crippen LogP contribution in [-0.4, -0.2) is 63.2 Å². The number of benzene rings is 1. The SMILES string of the molecule is O=C1NC(=O)C(=Cc2ccnc(N3CCC(CNCc4cnc(-c5ccccc5OC(F)(F)F)c(C(=O)O)c4)CC3)n2)S1. The lowest BCUT2D eigenvalue weighted by Gasteiger charge is -2.32. The summed E-state index contributed by atoms with van der Waals surface area (Å²) in [7, 11) is 0. The number of ether oxygens (including phenoxy) is 1. The third-order valence-electron chi connectivity index (χ3n) is 6.79. The monoisotopic (exact) mass is 614 g/mol. The van der Waals surface area contributed by atoms with Crippen LogP contribution in [0.25, 0.3) is 17.3 Å². The first kappa shape index (κ1) is 30.0. The zero-order valence-electron chi connectivity index (χ0n) is 22.4. The maximum Gasteiger partial charge on any atom is 0.573 e. The molecular weight excluding hydrogens is 589 g/mol. The van der Waals surface area contributed by atoms with Gasteiger partial charge in [0.15, 0.2) is 0 Å². The summed E-state index contributed by atoms with van der Waals surface area (Å²) in [6.07, 6.45) is 1.35. The molecule has 2 aliphatic heterocycles. The number of aromatic carboxylic acids is 1. The van der Waals surface area contributed by atoms with Gasteiger partial charge in [-0.25, -0.2) is 14.8 Å². The van der Waals surface area contributed by atoms with Crippen molar-refractivity contribution in [1.82, 2.24) is 25.6 Å². The molecule has 0 unspecified atom stereocenters. The Kier molecular flexibility index (Phi) is 8.92. The third-order valence-corrected chi connectivity index (χ3v) is 7.60. The molecule has 0 bridgehead atoms. The molecule has 3 aromatic rings. The number of piperidine rings is 1. The largest absolute Gasteiger partial charge is 0.573 e. The number of carboxylic acids is 1. The summed E-state index contributed by atoms with van der Waals surface area (Å²) in [5.41, 5.74) is 0.667. The second-order valence-corrected chi connectivity index (χ2v) is 10.8. The lowest BCUT2D eigenvalue weighted by molar-refractivity contribution is -0.274. The second kappa shape index (κ2) is 12.8. The molecule has 43 heavy (non-hydrogen) atoms. The van der Waals surface area contributed by atoms with E-state index in [1.807, 2.05) is 4.90 Å². The van der Waals surface area contributed by atoms with Gasteiger partial charge in [0, 0.05) is 37.6 Å². The number of alkyl halides is 3. The highest BCUT2D eigenvalue weighted by atomic mass is 32.2. The molecule has 0 aliphatic carbocycles. The molecule has 11 nitrogen and oxygen atoms in total. The Balaban J connectivity index is 1.16. The van der Waals surface area contributed by atoms with Crippen LogP contribution in [-0.2, 0) is 11.3 Å². The van der Waals surface area contributed by atoms with Gasteiger partial charge in [0.1, 0.15) is 5.75 Å². The number of thioether (sulfide) groups is 1. The van der Waals surface area contributed by atoms with Gasteiger partial charge in [-0.05, 0) is 73.0 Å². The summed E-state index contributed by atoms with van der Waals surface area (Å²) >= 11 is 0.825. The summed E-state index contributed by atoms with van der Waals surface area (Å²) in [4.78, 5) is 50.6. The number of halogens is 3. The first-order valence-electron chi connectivity index (χ1n) is 13.2. The van der Waals surface area contributed by atoms with Crippen LogP contribution in [0.5, 0.6) is 5.75 Å². The van der Waals surface area contributed by atoms with Gasteiger partial charge < -0.3 is 20.1 Å². The van der Waals surface area contributed by atoms with Gasteiger partial charge in [0.25, 0.3) is 11.1 Å². The minimum absolute atomic E-state index is 0.0762. The maximum absolute atomic E-state index is 12.9.